The van der Waals surface area contributed by atoms with Crippen molar-refractivity contribution in [1.82, 2.24) is 5.32 Å². The molecule has 1 N–H and O–H groups in total. The van der Waals surface area contributed by atoms with E-state index in [2.05, 4.69) is 5.32 Å². The molecule has 0 heterocycles. The van der Waals surface area contributed by atoms with Crippen LogP contribution in [0.4, 0.5) is 5.69 Å². The minimum atomic E-state index is -0.804. The molecule has 2 aromatic carbocycles. The second-order valence-corrected chi connectivity index (χ2v) is 6.93. The van der Waals surface area contributed by atoms with Crippen LogP contribution in [-0.2, 0) is 20.9 Å². The summed E-state index contributed by atoms with van der Waals surface area (Å²) in [5.74, 6) is -0.885. The maximum atomic E-state index is 12.5. The Bertz CT molecular complexity index is 878. The average Bonchev–Trinajstić information content (AvgIpc) is 2.70. The molecule has 2 aromatic rings. The molecule has 2 rings (SSSR count). The van der Waals surface area contributed by atoms with Crippen molar-refractivity contribution in [3.63, 3.8) is 0 Å². The predicted octanol–water partition coefficient (Wildman–Crippen LogP) is 3.88. The van der Waals surface area contributed by atoms with Gasteiger partial charge in [-0.3, -0.25) is 14.9 Å². The summed E-state index contributed by atoms with van der Waals surface area (Å²) in [5.41, 5.74) is 1.06. The van der Waals surface area contributed by atoms with Crippen molar-refractivity contribution >= 4 is 23.6 Å². The summed E-state index contributed by atoms with van der Waals surface area (Å²) in [6.07, 6.45) is 2.95. The van der Waals surface area contributed by atoms with Crippen LogP contribution in [-0.4, -0.2) is 22.8 Å². The Morgan fingerprint density at radius 2 is 1.76 bits per heavy atom. The second-order valence-electron chi connectivity index (χ2n) is 6.93. The standard InChI is InChI=1S/C22H24N2O5/c1-16(2)14-19(22(26)29-15-17-8-4-3-5-9-17)23-21(25)13-12-18-10-6-7-11-20(18)24(27)28/h3-13,16,19H,14-15H2,1-2H3,(H,23,25)/t19-/m0/s1. The number of carbonyl (C=O) groups is 2. The summed E-state index contributed by atoms with van der Waals surface area (Å²) in [6.45, 7) is 4.00. The number of carbonyl (C=O) groups excluding carboxylic acids is 2. The van der Waals surface area contributed by atoms with E-state index in [0.29, 0.717) is 12.0 Å². The first-order chi connectivity index (χ1) is 13.9. The van der Waals surface area contributed by atoms with Crippen molar-refractivity contribution in [1.29, 1.82) is 0 Å². The molecule has 0 saturated heterocycles. The van der Waals surface area contributed by atoms with Gasteiger partial charge in [0, 0.05) is 12.1 Å². The van der Waals surface area contributed by atoms with Gasteiger partial charge in [-0.25, -0.2) is 4.79 Å². The van der Waals surface area contributed by atoms with E-state index in [1.165, 1.54) is 18.2 Å². The van der Waals surface area contributed by atoms with Crippen LogP contribution in [0.25, 0.3) is 6.08 Å². The average molecular weight is 396 g/mol. The number of amides is 1. The molecule has 0 aliphatic rings. The van der Waals surface area contributed by atoms with Gasteiger partial charge in [-0.1, -0.05) is 56.3 Å². The number of rotatable bonds is 9. The molecule has 152 valence electrons. The van der Waals surface area contributed by atoms with Gasteiger partial charge in [0.15, 0.2) is 0 Å². The van der Waals surface area contributed by atoms with Crippen LogP contribution in [0.3, 0.4) is 0 Å². The van der Waals surface area contributed by atoms with Crippen LogP contribution < -0.4 is 5.32 Å². The van der Waals surface area contributed by atoms with Crippen LogP contribution in [0.1, 0.15) is 31.4 Å². The van der Waals surface area contributed by atoms with Crippen molar-refractivity contribution in [2.24, 2.45) is 5.92 Å². The Labute approximate surface area is 169 Å². The molecule has 0 aliphatic heterocycles. The number of nitrogens with one attached hydrogen (secondary N) is 1. The molecule has 0 unspecified atom stereocenters. The zero-order valence-corrected chi connectivity index (χ0v) is 16.4. The molecule has 29 heavy (non-hydrogen) atoms. The first-order valence-corrected chi connectivity index (χ1v) is 9.29. The summed E-state index contributed by atoms with van der Waals surface area (Å²) in [4.78, 5) is 35.3. The number of hydrogen-bond acceptors (Lipinski definition) is 5. The van der Waals surface area contributed by atoms with E-state index < -0.39 is 22.8 Å². The van der Waals surface area contributed by atoms with Gasteiger partial charge >= 0.3 is 5.97 Å². The SMILES string of the molecule is CC(C)C[C@H](NC(=O)C=Cc1ccccc1[N+](=O)[O-])C(=O)OCc1ccccc1. The largest absolute Gasteiger partial charge is 0.459 e. The van der Waals surface area contributed by atoms with E-state index in [-0.39, 0.29) is 18.2 Å². The Morgan fingerprint density at radius 3 is 2.41 bits per heavy atom. The lowest BCUT2D eigenvalue weighted by atomic mass is 10.0. The second kappa shape index (κ2) is 10.8. The highest BCUT2D eigenvalue weighted by Gasteiger charge is 2.23. The van der Waals surface area contributed by atoms with Crippen LogP contribution in [0.15, 0.2) is 60.7 Å². The van der Waals surface area contributed by atoms with E-state index in [4.69, 9.17) is 4.74 Å². The molecule has 7 nitrogen and oxygen atoms in total. The van der Waals surface area contributed by atoms with E-state index in [1.54, 1.807) is 18.2 Å². The van der Waals surface area contributed by atoms with E-state index in [1.807, 2.05) is 44.2 Å². The lowest BCUT2D eigenvalue weighted by molar-refractivity contribution is -0.385. The zero-order valence-electron chi connectivity index (χ0n) is 16.4. The molecule has 0 aliphatic carbocycles. The molecule has 0 aromatic heterocycles. The molecule has 1 atom stereocenters. The number of nitrogens with zero attached hydrogens (tertiary/aromatic N) is 1. The van der Waals surface area contributed by atoms with Crippen LogP contribution in [0.2, 0.25) is 0 Å². The lowest BCUT2D eigenvalue weighted by Crippen LogP contribution is -2.42. The number of nitro benzene ring substituents is 1. The third kappa shape index (κ3) is 7.21. The monoisotopic (exact) mass is 396 g/mol. The minimum Gasteiger partial charge on any atom is -0.459 e. The van der Waals surface area contributed by atoms with Gasteiger partial charge in [-0.05, 0) is 30.0 Å². The Hall–Kier alpha value is -3.48. The fraction of sp³-hybridized carbons (Fsp3) is 0.273. The molecule has 0 fully saturated rings. The summed E-state index contributed by atoms with van der Waals surface area (Å²) in [5, 5.41) is 13.7. The number of esters is 1. The van der Waals surface area contributed by atoms with Crippen molar-refractivity contribution in [2.45, 2.75) is 32.9 Å². The Morgan fingerprint density at radius 1 is 1.10 bits per heavy atom. The number of hydrogen-bond donors (Lipinski definition) is 1. The molecule has 7 heteroatoms. The number of para-hydroxylation sites is 1. The maximum absolute atomic E-state index is 12.5. The lowest BCUT2D eigenvalue weighted by Gasteiger charge is -2.18. The van der Waals surface area contributed by atoms with E-state index >= 15 is 0 Å². The Balaban J connectivity index is 2.02. The number of benzene rings is 2. The quantitative estimate of drug-likeness (QED) is 0.300. The minimum absolute atomic E-state index is 0.0995. The van der Waals surface area contributed by atoms with Crippen LogP contribution in [0.5, 0.6) is 0 Å². The van der Waals surface area contributed by atoms with Crippen LogP contribution >= 0.6 is 0 Å². The third-order valence-electron chi connectivity index (χ3n) is 4.08. The summed E-state index contributed by atoms with van der Waals surface area (Å²) in [7, 11) is 0. The van der Waals surface area contributed by atoms with Crippen molar-refractivity contribution < 1.29 is 19.2 Å². The van der Waals surface area contributed by atoms with Gasteiger partial charge in [0.1, 0.15) is 12.6 Å². The highest BCUT2D eigenvalue weighted by Crippen LogP contribution is 2.19. The van der Waals surface area contributed by atoms with Gasteiger partial charge < -0.3 is 10.1 Å². The van der Waals surface area contributed by atoms with Gasteiger partial charge in [-0.2, -0.15) is 0 Å². The van der Waals surface area contributed by atoms with Gasteiger partial charge in [0.05, 0.1) is 10.5 Å². The molecule has 1 amide bonds. The van der Waals surface area contributed by atoms with Crippen molar-refractivity contribution in [3.05, 3.63) is 81.9 Å². The molecular formula is C22H24N2O5. The van der Waals surface area contributed by atoms with Gasteiger partial charge in [0.25, 0.3) is 5.69 Å². The molecule has 0 radical (unpaired) electrons. The highest BCUT2D eigenvalue weighted by atomic mass is 16.6. The summed E-state index contributed by atoms with van der Waals surface area (Å²) in [6, 6.07) is 14.6. The third-order valence-corrected chi connectivity index (χ3v) is 4.08. The number of ether oxygens (including phenoxy) is 1. The first kappa shape index (κ1) is 21.8. The normalized spacial score (nSPS) is 12.0. The molecule has 0 bridgehead atoms. The van der Waals surface area contributed by atoms with Gasteiger partial charge in [0.2, 0.25) is 5.91 Å². The fourth-order valence-corrected chi connectivity index (χ4v) is 2.69. The van der Waals surface area contributed by atoms with Gasteiger partial charge in [-0.15, -0.1) is 0 Å². The van der Waals surface area contributed by atoms with E-state index in [9.17, 15) is 19.7 Å². The molecule has 0 saturated carbocycles. The molecule has 0 spiro atoms. The number of nitro groups is 1. The molecular weight excluding hydrogens is 372 g/mol. The summed E-state index contributed by atoms with van der Waals surface area (Å²) >= 11 is 0. The topological polar surface area (TPSA) is 98.5 Å². The highest BCUT2D eigenvalue weighted by molar-refractivity contribution is 5.95. The van der Waals surface area contributed by atoms with Crippen molar-refractivity contribution in [3.8, 4) is 0 Å². The predicted molar refractivity (Wildman–Crippen MR) is 110 cm³/mol. The van der Waals surface area contributed by atoms with E-state index in [0.717, 1.165) is 5.56 Å². The van der Waals surface area contributed by atoms with Crippen molar-refractivity contribution in [2.75, 3.05) is 0 Å². The Kier molecular flexibility index (Phi) is 8.09. The van der Waals surface area contributed by atoms with Crippen LogP contribution in [0, 0.1) is 16.0 Å². The summed E-state index contributed by atoms with van der Waals surface area (Å²) < 4.78 is 5.34. The smallest absolute Gasteiger partial charge is 0.328 e. The maximum Gasteiger partial charge on any atom is 0.328 e. The zero-order chi connectivity index (χ0) is 21.2. The fourth-order valence-electron chi connectivity index (χ4n) is 2.69. The first-order valence-electron chi connectivity index (χ1n) is 9.29.